The van der Waals surface area contributed by atoms with Crippen molar-refractivity contribution in [2.24, 2.45) is 0 Å². The second kappa shape index (κ2) is 9.38. The zero-order valence-corrected chi connectivity index (χ0v) is 18.6. The predicted molar refractivity (Wildman–Crippen MR) is 121 cm³/mol. The summed E-state index contributed by atoms with van der Waals surface area (Å²) in [7, 11) is 0. The Labute approximate surface area is 188 Å². The normalized spacial score (nSPS) is 17.6. The Bertz CT molecular complexity index is 1000. The molecule has 1 aromatic carbocycles. The van der Waals surface area contributed by atoms with E-state index in [2.05, 4.69) is 10.3 Å². The predicted octanol–water partition coefficient (Wildman–Crippen LogP) is 2.57. The van der Waals surface area contributed by atoms with Gasteiger partial charge in [0.1, 0.15) is 0 Å². The van der Waals surface area contributed by atoms with Crippen LogP contribution in [0, 0.1) is 13.8 Å². The van der Waals surface area contributed by atoms with Gasteiger partial charge in [0.2, 0.25) is 0 Å². The Hall–Kier alpha value is -3.42. The van der Waals surface area contributed by atoms with Crippen LogP contribution in [-0.2, 0) is 16.1 Å². The van der Waals surface area contributed by atoms with Crippen molar-refractivity contribution >= 4 is 23.5 Å². The van der Waals surface area contributed by atoms with Crippen molar-refractivity contribution in [3.8, 4) is 0 Å². The molecule has 4 rings (SSSR count). The van der Waals surface area contributed by atoms with Gasteiger partial charge in [-0.15, -0.1) is 0 Å². The number of carbonyl (C=O) groups is 3. The first kappa shape index (κ1) is 21.8. The Balaban J connectivity index is 1.30. The Morgan fingerprint density at radius 3 is 2.50 bits per heavy atom. The monoisotopic (exact) mass is 435 g/mol. The van der Waals surface area contributed by atoms with Crippen LogP contribution in [0.4, 0.5) is 10.5 Å². The summed E-state index contributed by atoms with van der Waals surface area (Å²) in [5, 5.41) is 3.00. The highest BCUT2D eigenvalue weighted by Gasteiger charge is 2.38. The van der Waals surface area contributed by atoms with Crippen molar-refractivity contribution in [3.63, 3.8) is 0 Å². The van der Waals surface area contributed by atoms with E-state index in [1.165, 1.54) is 0 Å². The average Bonchev–Trinajstić information content (AvgIpc) is 2.81. The van der Waals surface area contributed by atoms with Gasteiger partial charge in [0.25, 0.3) is 0 Å². The number of carbonyl (C=O) groups excluding carboxylic acids is 3. The van der Waals surface area contributed by atoms with Crippen LogP contribution in [-0.4, -0.2) is 69.8 Å². The lowest BCUT2D eigenvalue weighted by atomic mass is 10.0. The molecule has 2 aromatic rings. The van der Waals surface area contributed by atoms with Gasteiger partial charge in [-0.25, -0.2) is 4.79 Å². The molecule has 1 aromatic heterocycles. The van der Waals surface area contributed by atoms with Crippen molar-refractivity contribution in [2.75, 3.05) is 31.5 Å². The summed E-state index contributed by atoms with van der Waals surface area (Å²) in [6, 6.07) is 11.3. The molecule has 2 aliphatic rings. The molecule has 32 heavy (non-hydrogen) atoms. The molecule has 2 saturated heterocycles. The molecular weight excluding hydrogens is 406 g/mol. The maximum Gasteiger partial charge on any atom is 0.321 e. The minimum absolute atomic E-state index is 0.0202. The molecule has 0 atom stereocenters. The van der Waals surface area contributed by atoms with Gasteiger partial charge in [0, 0.05) is 44.1 Å². The third-order valence-corrected chi connectivity index (χ3v) is 6.46. The number of benzene rings is 1. The van der Waals surface area contributed by atoms with Crippen LogP contribution in [0.15, 0.2) is 42.6 Å². The summed E-state index contributed by atoms with van der Waals surface area (Å²) in [5.41, 5.74) is 3.78. The number of anilines is 1. The fraction of sp³-hybridized carbons (Fsp3) is 0.417. The molecule has 2 aliphatic heterocycles. The number of hydrogen-bond donors (Lipinski definition) is 1. The first-order chi connectivity index (χ1) is 15.4. The zero-order valence-electron chi connectivity index (χ0n) is 18.6. The number of aromatic nitrogens is 1. The third-order valence-electron chi connectivity index (χ3n) is 6.46. The smallest absolute Gasteiger partial charge is 0.321 e. The lowest BCUT2D eigenvalue weighted by molar-refractivity contribution is -0.158. The minimum Gasteiger partial charge on any atom is -0.330 e. The second-order valence-electron chi connectivity index (χ2n) is 8.44. The molecule has 2 fully saturated rings. The van der Waals surface area contributed by atoms with E-state index in [1.807, 2.05) is 50.2 Å². The van der Waals surface area contributed by atoms with E-state index in [0.717, 1.165) is 22.5 Å². The summed E-state index contributed by atoms with van der Waals surface area (Å²) in [6.07, 6.45) is 3.01. The lowest BCUT2D eigenvalue weighted by Crippen LogP contribution is -2.59. The van der Waals surface area contributed by atoms with Gasteiger partial charge in [-0.3, -0.25) is 14.6 Å². The van der Waals surface area contributed by atoms with Crippen LogP contribution in [0.2, 0.25) is 0 Å². The van der Waals surface area contributed by atoms with Crippen LogP contribution < -0.4 is 5.32 Å². The topological polar surface area (TPSA) is 85.8 Å². The Morgan fingerprint density at radius 2 is 1.78 bits per heavy atom. The van der Waals surface area contributed by atoms with E-state index in [9.17, 15) is 14.4 Å². The van der Waals surface area contributed by atoms with Crippen molar-refractivity contribution in [1.82, 2.24) is 19.7 Å². The van der Waals surface area contributed by atoms with Crippen LogP contribution in [0.3, 0.4) is 0 Å². The average molecular weight is 436 g/mol. The molecule has 0 aliphatic carbocycles. The van der Waals surface area contributed by atoms with E-state index in [-0.39, 0.29) is 12.1 Å². The first-order valence-corrected chi connectivity index (χ1v) is 11.1. The zero-order chi connectivity index (χ0) is 22.7. The number of urea groups is 1. The van der Waals surface area contributed by atoms with Crippen LogP contribution in [0.1, 0.15) is 29.7 Å². The molecule has 168 valence electrons. The van der Waals surface area contributed by atoms with Crippen LogP contribution in [0.5, 0.6) is 0 Å². The first-order valence-electron chi connectivity index (χ1n) is 11.1. The summed E-state index contributed by atoms with van der Waals surface area (Å²) in [6.45, 7) is 6.47. The highest BCUT2D eigenvalue weighted by Crippen LogP contribution is 2.22. The lowest BCUT2D eigenvalue weighted by Gasteiger charge is -2.42. The van der Waals surface area contributed by atoms with Gasteiger partial charge >= 0.3 is 17.8 Å². The van der Waals surface area contributed by atoms with Crippen molar-refractivity contribution < 1.29 is 14.4 Å². The van der Waals surface area contributed by atoms with E-state index in [0.29, 0.717) is 45.6 Å². The third kappa shape index (κ3) is 4.59. The second-order valence-corrected chi connectivity index (χ2v) is 8.44. The molecule has 1 N–H and O–H groups in total. The molecule has 4 amide bonds. The van der Waals surface area contributed by atoms with Crippen molar-refractivity contribution in [1.29, 1.82) is 0 Å². The number of pyridine rings is 1. The summed E-state index contributed by atoms with van der Waals surface area (Å²) in [5.74, 6) is -0.928. The molecule has 0 unspecified atom stereocenters. The fourth-order valence-electron chi connectivity index (χ4n) is 4.34. The number of nitrogens with zero attached hydrogens (tertiary/aromatic N) is 4. The standard InChI is InChI=1S/C24H29N5O3/c1-17-6-5-8-21(18(17)2)26-24(32)27-12-9-20(10-13-27)29-15-14-28(22(30)23(29)31)16-19-7-3-4-11-25-19/h3-8,11,20H,9-10,12-16H2,1-2H3,(H,26,32). The van der Waals surface area contributed by atoms with E-state index < -0.39 is 11.8 Å². The summed E-state index contributed by atoms with van der Waals surface area (Å²) < 4.78 is 0. The maximum atomic E-state index is 12.8. The van der Waals surface area contributed by atoms with E-state index in [1.54, 1.807) is 20.9 Å². The molecule has 3 heterocycles. The van der Waals surface area contributed by atoms with Crippen molar-refractivity contribution in [2.45, 2.75) is 39.3 Å². The molecule has 8 nitrogen and oxygen atoms in total. The number of piperazine rings is 1. The quantitative estimate of drug-likeness (QED) is 0.748. The number of likely N-dealkylation sites (tertiary alicyclic amines) is 1. The van der Waals surface area contributed by atoms with Crippen molar-refractivity contribution in [3.05, 3.63) is 59.4 Å². The highest BCUT2D eigenvalue weighted by molar-refractivity contribution is 6.35. The van der Waals surface area contributed by atoms with Gasteiger partial charge in [0.05, 0.1) is 12.2 Å². The van der Waals surface area contributed by atoms with Crippen LogP contribution >= 0.6 is 0 Å². The fourth-order valence-corrected chi connectivity index (χ4v) is 4.34. The number of aryl methyl sites for hydroxylation is 1. The maximum absolute atomic E-state index is 12.8. The molecule has 0 bridgehead atoms. The van der Waals surface area contributed by atoms with Gasteiger partial charge in [-0.1, -0.05) is 18.2 Å². The molecule has 0 radical (unpaired) electrons. The van der Waals surface area contributed by atoms with Crippen LogP contribution in [0.25, 0.3) is 0 Å². The van der Waals surface area contributed by atoms with E-state index >= 15 is 0 Å². The number of piperidine rings is 1. The highest BCUT2D eigenvalue weighted by atomic mass is 16.2. The number of hydrogen-bond acceptors (Lipinski definition) is 4. The number of nitrogens with one attached hydrogen (secondary N) is 1. The summed E-state index contributed by atoms with van der Waals surface area (Å²) in [4.78, 5) is 47.4. The number of rotatable bonds is 4. The van der Waals surface area contributed by atoms with E-state index in [4.69, 9.17) is 0 Å². The minimum atomic E-state index is -0.475. The Morgan fingerprint density at radius 1 is 1.00 bits per heavy atom. The molecule has 0 saturated carbocycles. The SMILES string of the molecule is Cc1cccc(NC(=O)N2CCC(N3CCN(Cc4ccccn4)C(=O)C3=O)CC2)c1C. The molecule has 0 spiro atoms. The van der Waals surface area contributed by atoms with Gasteiger partial charge in [0.15, 0.2) is 0 Å². The summed E-state index contributed by atoms with van der Waals surface area (Å²) >= 11 is 0. The molecule has 8 heteroatoms. The van der Waals surface area contributed by atoms with Gasteiger partial charge in [-0.2, -0.15) is 0 Å². The number of amides is 4. The largest absolute Gasteiger partial charge is 0.330 e. The Kier molecular flexibility index (Phi) is 6.39. The van der Waals surface area contributed by atoms with Gasteiger partial charge in [-0.05, 0) is 56.0 Å². The van der Waals surface area contributed by atoms with Gasteiger partial charge < -0.3 is 20.0 Å². The molecular formula is C24H29N5O3.